The van der Waals surface area contributed by atoms with Gasteiger partial charge < -0.3 is 15.0 Å². The van der Waals surface area contributed by atoms with Crippen LogP contribution in [0.15, 0.2) is 72.8 Å². The minimum Gasteiger partial charge on any atom is -0.380 e. The van der Waals surface area contributed by atoms with Crippen molar-refractivity contribution in [2.24, 2.45) is 0 Å². The monoisotopic (exact) mass is 466 g/mol. The zero-order valence-corrected chi connectivity index (χ0v) is 19.2. The van der Waals surface area contributed by atoms with E-state index in [1.807, 2.05) is 65.6 Å². The average molecular weight is 467 g/mol. The van der Waals surface area contributed by atoms with Crippen molar-refractivity contribution < 1.29 is 14.3 Å². The van der Waals surface area contributed by atoms with E-state index < -0.39 is 0 Å². The van der Waals surface area contributed by atoms with Crippen LogP contribution in [0.5, 0.6) is 0 Å². The van der Waals surface area contributed by atoms with Gasteiger partial charge in [-0.05, 0) is 53.1 Å². The van der Waals surface area contributed by atoms with Crippen molar-refractivity contribution in [3.05, 3.63) is 100 Å². The second-order valence-electron chi connectivity index (χ2n) is 7.52. The Bertz CT molecular complexity index is 1100. The molecule has 4 rings (SSSR count). The van der Waals surface area contributed by atoms with Gasteiger partial charge in [0.1, 0.15) is 5.37 Å². The molecule has 3 aromatic carbocycles. The number of nitrogens with one attached hydrogen (secondary N) is 1. The van der Waals surface area contributed by atoms with Crippen LogP contribution in [0.25, 0.3) is 0 Å². The van der Waals surface area contributed by atoms with Crippen LogP contribution in [0.4, 0.5) is 5.69 Å². The third-order valence-corrected chi connectivity index (χ3v) is 6.70. The molecule has 1 aliphatic heterocycles. The van der Waals surface area contributed by atoms with Crippen molar-refractivity contribution in [2.45, 2.75) is 18.5 Å². The van der Waals surface area contributed by atoms with E-state index in [9.17, 15) is 9.59 Å². The first-order valence-electron chi connectivity index (χ1n) is 10.2. The zero-order chi connectivity index (χ0) is 22.5. The Balaban J connectivity index is 1.45. The Morgan fingerprint density at radius 3 is 2.56 bits per heavy atom. The van der Waals surface area contributed by atoms with Crippen molar-refractivity contribution in [2.75, 3.05) is 18.2 Å². The Hall–Kier alpha value is -2.80. The van der Waals surface area contributed by atoms with Gasteiger partial charge in [0, 0.05) is 29.9 Å². The lowest BCUT2D eigenvalue weighted by Crippen LogP contribution is -2.27. The number of hydrogen-bond acceptors (Lipinski definition) is 4. The van der Waals surface area contributed by atoms with Gasteiger partial charge >= 0.3 is 0 Å². The topological polar surface area (TPSA) is 58.6 Å². The Kier molecular flexibility index (Phi) is 7.15. The fourth-order valence-corrected chi connectivity index (χ4v) is 4.91. The molecule has 164 valence electrons. The van der Waals surface area contributed by atoms with E-state index in [2.05, 4.69) is 5.32 Å². The van der Waals surface area contributed by atoms with Crippen molar-refractivity contribution in [3.8, 4) is 0 Å². The third kappa shape index (κ3) is 5.33. The third-order valence-electron chi connectivity index (χ3n) is 5.19. The Morgan fingerprint density at radius 2 is 1.84 bits per heavy atom. The Labute approximate surface area is 196 Å². The smallest absolute Gasteiger partial charge is 0.255 e. The highest BCUT2D eigenvalue weighted by Gasteiger charge is 2.32. The minimum atomic E-state index is -0.181. The molecule has 7 heteroatoms. The highest BCUT2D eigenvalue weighted by Crippen LogP contribution is 2.39. The molecule has 3 aromatic rings. The van der Waals surface area contributed by atoms with Gasteiger partial charge in [0.15, 0.2) is 0 Å². The van der Waals surface area contributed by atoms with Crippen LogP contribution in [-0.2, 0) is 22.7 Å². The maximum Gasteiger partial charge on any atom is 0.255 e. The van der Waals surface area contributed by atoms with Crippen LogP contribution in [0.3, 0.4) is 0 Å². The molecule has 0 bridgehead atoms. The molecule has 0 aromatic heterocycles. The first kappa shape index (κ1) is 22.4. The second-order valence-corrected chi connectivity index (χ2v) is 9.03. The fourth-order valence-electron chi connectivity index (χ4n) is 3.60. The molecule has 32 heavy (non-hydrogen) atoms. The van der Waals surface area contributed by atoms with E-state index in [1.54, 1.807) is 31.0 Å². The van der Waals surface area contributed by atoms with Gasteiger partial charge in [0.25, 0.3) is 5.91 Å². The Morgan fingerprint density at radius 1 is 1.09 bits per heavy atom. The summed E-state index contributed by atoms with van der Waals surface area (Å²) in [6, 6.07) is 22.5. The molecule has 0 saturated carbocycles. The molecule has 0 aliphatic carbocycles. The second kappa shape index (κ2) is 10.2. The van der Waals surface area contributed by atoms with Crippen LogP contribution in [-0.4, -0.2) is 29.6 Å². The van der Waals surface area contributed by atoms with E-state index in [-0.39, 0.29) is 17.2 Å². The maximum absolute atomic E-state index is 12.7. The molecule has 1 atom stereocenters. The van der Waals surface area contributed by atoms with Gasteiger partial charge in [0.2, 0.25) is 5.91 Å². The van der Waals surface area contributed by atoms with Crippen molar-refractivity contribution >= 4 is 40.9 Å². The number of rotatable bonds is 7. The number of methoxy groups -OCH3 is 1. The lowest BCUT2D eigenvalue weighted by molar-refractivity contribution is -0.128. The highest BCUT2D eigenvalue weighted by atomic mass is 35.5. The van der Waals surface area contributed by atoms with E-state index in [4.69, 9.17) is 16.3 Å². The molecule has 1 N–H and O–H groups in total. The maximum atomic E-state index is 12.7. The summed E-state index contributed by atoms with van der Waals surface area (Å²) in [6.45, 7) is 1.01. The van der Waals surface area contributed by atoms with E-state index >= 15 is 0 Å². The van der Waals surface area contributed by atoms with Gasteiger partial charge in [-0.3, -0.25) is 9.59 Å². The number of hydrogen-bond donors (Lipinski definition) is 1. The first-order chi connectivity index (χ1) is 15.5. The molecule has 0 unspecified atom stereocenters. The summed E-state index contributed by atoms with van der Waals surface area (Å²) in [4.78, 5) is 27.0. The average Bonchev–Trinajstić information content (AvgIpc) is 3.16. The number of anilines is 1. The number of carbonyl (C=O) groups is 2. The molecule has 1 aliphatic rings. The van der Waals surface area contributed by atoms with Crippen molar-refractivity contribution in [1.29, 1.82) is 0 Å². The predicted molar refractivity (Wildman–Crippen MR) is 129 cm³/mol. The van der Waals surface area contributed by atoms with Crippen LogP contribution >= 0.6 is 23.4 Å². The highest BCUT2D eigenvalue weighted by molar-refractivity contribution is 8.00. The zero-order valence-electron chi connectivity index (χ0n) is 17.6. The predicted octanol–water partition coefficient (Wildman–Crippen LogP) is 5.51. The minimum absolute atomic E-state index is 0.0824. The van der Waals surface area contributed by atoms with Crippen LogP contribution in [0.1, 0.15) is 32.4 Å². The first-order valence-corrected chi connectivity index (χ1v) is 11.6. The molecule has 1 heterocycles. The number of amides is 2. The van der Waals surface area contributed by atoms with Crippen molar-refractivity contribution in [1.82, 2.24) is 4.90 Å². The summed E-state index contributed by atoms with van der Waals surface area (Å²) in [5.41, 5.74) is 4.30. The molecular weight excluding hydrogens is 444 g/mol. The van der Waals surface area contributed by atoms with Gasteiger partial charge in [-0.1, -0.05) is 48.0 Å². The van der Waals surface area contributed by atoms with Crippen LogP contribution in [0, 0.1) is 0 Å². The fraction of sp³-hybridized carbons (Fsp3) is 0.200. The molecule has 0 spiro atoms. The van der Waals surface area contributed by atoms with Gasteiger partial charge in [-0.15, -0.1) is 11.8 Å². The molecule has 2 amide bonds. The summed E-state index contributed by atoms with van der Waals surface area (Å²) in [5.74, 6) is 0.366. The normalized spacial score (nSPS) is 15.8. The molecule has 1 fully saturated rings. The molecular formula is C25H23ClN2O3S. The van der Waals surface area contributed by atoms with Gasteiger partial charge in [-0.2, -0.15) is 0 Å². The van der Waals surface area contributed by atoms with E-state index in [0.717, 1.165) is 22.4 Å². The number of ether oxygens (including phenoxy) is 1. The van der Waals surface area contributed by atoms with Gasteiger partial charge in [0.05, 0.1) is 12.4 Å². The SMILES string of the molecule is COCc1cccc(NC(=O)c2ccc([C@H]3SCC(=O)N3Cc3ccc(Cl)cc3)cc2)c1. The molecule has 5 nitrogen and oxygen atoms in total. The van der Waals surface area contributed by atoms with Crippen LogP contribution < -0.4 is 5.32 Å². The number of benzene rings is 3. The van der Waals surface area contributed by atoms with E-state index in [0.29, 0.717) is 29.5 Å². The lowest BCUT2D eigenvalue weighted by Gasteiger charge is -2.24. The number of halogens is 1. The summed E-state index contributed by atoms with van der Waals surface area (Å²) in [5, 5.41) is 3.51. The summed E-state index contributed by atoms with van der Waals surface area (Å²) < 4.78 is 5.14. The molecule has 1 saturated heterocycles. The lowest BCUT2D eigenvalue weighted by atomic mass is 10.1. The summed E-state index contributed by atoms with van der Waals surface area (Å²) in [7, 11) is 1.64. The van der Waals surface area contributed by atoms with Gasteiger partial charge in [-0.25, -0.2) is 0 Å². The van der Waals surface area contributed by atoms with E-state index in [1.165, 1.54) is 0 Å². The molecule has 0 radical (unpaired) electrons. The number of nitrogens with zero attached hydrogens (tertiary/aromatic N) is 1. The number of thioether (sulfide) groups is 1. The summed E-state index contributed by atoms with van der Waals surface area (Å²) in [6.07, 6.45) is 0. The van der Waals surface area contributed by atoms with Crippen molar-refractivity contribution in [3.63, 3.8) is 0 Å². The standard InChI is InChI=1S/C25H23ClN2O3S/c1-31-15-18-3-2-4-22(13-18)27-24(30)19-7-9-20(10-8-19)25-28(23(29)16-32-25)14-17-5-11-21(26)12-6-17/h2-13,25H,14-16H2,1H3,(H,27,30)/t25-/m1/s1. The quantitative estimate of drug-likeness (QED) is 0.498. The number of carbonyl (C=O) groups excluding carboxylic acids is 2. The largest absolute Gasteiger partial charge is 0.380 e. The van der Waals surface area contributed by atoms with Crippen LogP contribution in [0.2, 0.25) is 5.02 Å². The summed E-state index contributed by atoms with van der Waals surface area (Å²) >= 11 is 7.57.